The third kappa shape index (κ3) is 2.72. The van der Waals surface area contributed by atoms with Gasteiger partial charge in [0.2, 0.25) is 5.91 Å². The van der Waals surface area contributed by atoms with Crippen LogP contribution in [0.25, 0.3) is 0 Å². The van der Waals surface area contributed by atoms with E-state index in [1.807, 2.05) is 6.92 Å². The number of carboxylic acid groups (broad SMARTS) is 1. The largest absolute Gasteiger partial charge is 0.480 e. The maximum atomic E-state index is 11.4. The van der Waals surface area contributed by atoms with E-state index in [2.05, 4.69) is 5.32 Å². The summed E-state index contributed by atoms with van der Waals surface area (Å²) in [7, 11) is 0. The topological polar surface area (TPSA) is 92.4 Å². The van der Waals surface area contributed by atoms with Crippen molar-refractivity contribution in [3.05, 3.63) is 0 Å². The van der Waals surface area contributed by atoms with Crippen molar-refractivity contribution >= 4 is 11.9 Å². The molecule has 0 heterocycles. The molecule has 1 aliphatic rings. The third-order valence-corrected chi connectivity index (χ3v) is 3.33. The van der Waals surface area contributed by atoms with E-state index < -0.39 is 23.5 Å². The monoisotopic (exact) mass is 228 g/mol. The Kier molecular flexibility index (Phi) is 3.91. The number of carbonyl (C=O) groups excluding carboxylic acids is 1. The van der Waals surface area contributed by atoms with E-state index >= 15 is 0 Å². The summed E-state index contributed by atoms with van der Waals surface area (Å²) in [5.41, 5.74) is 4.17. The molecule has 1 amide bonds. The van der Waals surface area contributed by atoms with Gasteiger partial charge in [0.05, 0.1) is 6.04 Å². The molecule has 3 atom stereocenters. The number of hydrogen-bond acceptors (Lipinski definition) is 3. The Balaban J connectivity index is 2.80. The Morgan fingerprint density at radius 2 is 2.19 bits per heavy atom. The van der Waals surface area contributed by atoms with E-state index in [1.165, 1.54) is 0 Å². The number of rotatable bonds is 4. The third-order valence-electron chi connectivity index (χ3n) is 3.33. The van der Waals surface area contributed by atoms with Crippen molar-refractivity contribution in [2.24, 2.45) is 11.7 Å². The highest BCUT2D eigenvalue weighted by Crippen LogP contribution is 2.32. The lowest BCUT2D eigenvalue weighted by atomic mass is 9.76. The summed E-state index contributed by atoms with van der Waals surface area (Å²) in [6.07, 6.45) is 3.03. The fraction of sp³-hybridized carbons (Fsp3) is 0.818. The molecule has 0 spiro atoms. The fourth-order valence-corrected chi connectivity index (χ4v) is 2.42. The van der Waals surface area contributed by atoms with E-state index in [0.717, 1.165) is 12.8 Å². The number of carboxylic acids is 1. The molecule has 5 heteroatoms. The second-order valence-electron chi connectivity index (χ2n) is 4.86. The van der Waals surface area contributed by atoms with Gasteiger partial charge in [-0.25, -0.2) is 0 Å². The summed E-state index contributed by atoms with van der Waals surface area (Å²) in [6, 6.07) is -0.610. The van der Waals surface area contributed by atoms with Crippen LogP contribution >= 0.6 is 0 Å². The van der Waals surface area contributed by atoms with Crippen molar-refractivity contribution < 1.29 is 14.7 Å². The molecule has 1 aliphatic carbocycles. The van der Waals surface area contributed by atoms with Crippen LogP contribution in [0, 0.1) is 5.92 Å². The summed E-state index contributed by atoms with van der Waals surface area (Å²) in [6.45, 7) is 3.64. The Morgan fingerprint density at radius 1 is 1.56 bits per heavy atom. The van der Waals surface area contributed by atoms with Crippen LogP contribution < -0.4 is 11.1 Å². The predicted octanol–water partition coefficient (Wildman–Crippen LogP) is 0.483. The fourth-order valence-electron chi connectivity index (χ4n) is 2.42. The van der Waals surface area contributed by atoms with E-state index in [4.69, 9.17) is 5.73 Å². The minimum Gasteiger partial charge on any atom is -0.480 e. The molecule has 5 nitrogen and oxygen atoms in total. The Bertz CT molecular complexity index is 293. The molecule has 0 aromatic carbocycles. The molecule has 4 N–H and O–H groups in total. The Morgan fingerprint density at radius 3 is 2.62 bits per heavy atom. The first-order valence-corrected chi connectivity index (χ1v) is 5.68. The van der Waals surface area contributed by atoms with E-state index in [-0.39, 0.29) is 0 Å². The molecule has 0 saturated heterocycles. The van der Waals surface area contributed by atoms with Gasteiger partial charge in [0.25, 0.3) is 0 Å². The maximum absolute atomic E-state index is 11.4. The van der Waals surface area contributed by atoms with Crippen molar-refractivity contribution in [2.75, 3.05) is 0 Å². The lowest BCUT2D eigenvalue weighted by Gasteiger charge is -2.38. The van der Waals surface area contributed by atoms with Crippen molar-refractivity contribution in [1.29, 1.82) is 0 Å². The van der Waals surface area contributed by atoms with Gasteiger partial charge in [0, 0.05) is 0 Å². The average molecular weight is 228 g/mol. The summed E-state index contributed by atoms with van der Waals surface area (Å²) < 4.78 is 0. The zero-order chi connectivity index (χ0) is 12.3. The van der Waals surface area contributed by atoms with E-state index in [1.54, 1.807) is 6.92 Å². The molecule has 0 aromatic rings. The molecule has 92 valence electrons. The molecule has 1 fully saturated rings. The van der Waals surface area contributed by atoms with E-state index in [0.29, 0.717) is 18.8 Å². The number of nitrogens with one attached hydrogen (secondary N) is 1. The SMILES string of the molecule is CC1CCCC(NC(C)C(N)=O)(C(=O)O)C1. The zero-order valence-electron chi connectivity index (χ0n) is 9.82. The lowest BCUT2D eigenvalue weighted by molar-refractivity contribution is -0.147. The van der Waals surface area contributed by atoms with Crippen LogP contribution in [0.4, 0.5) is 0 Å². The number of primary amides is 1. The molecule has 16 heavy (non-hydrogen) atoms. The number of hydrogen-bond donors (Lipinski definition) is 3. The lowest BCUT2D eigenvalue weighted by Crippen LogP contribution is -2.60. The smallest absolute Gasteiger partial charge is 0.323 e. The molecule has 0 aliphatic heterocycles. The van der Waals surface area contributed by atoms with Crippen LogP contribution in [-0.2, 0) is 9.59 Å². The highest BCUT2D eigenvalue weighted by atomic mass is 16.4. The molecular weight excluding hydrogens is 208 g/mol. The number of amides is 1. The van der Waals surface area contributed by atoms with Gasteiger partial charge in [-0.3, -0.25) is 14.9 Å². The molecular formula is C11H20N2O3. The number of aliphatic carboxylic acids is 1. The van der Waals surface area contributed by atoms with Crippen LogP contribution in [0.15, 0.2) is 0 Å². The van der Waals surface area contributed by atoms with Gasteiger partial charge in [0.15, 0.2) is 0 Å². The molecule has 0 bridgehead atoms. The van der Waals surface area contributed by atoms with Gasteiger partial charge in [-0.1, -0.05) is 19.8 Å². The summed E-state index contributed by atoms with van der Waals surface area (Å²) in [5.74, 6) is -1.04. The van der Waals surface area contributed by atoms with Crippen LogP contribution in [-0.4, -0.2) is 28.6 Å². The van der Waals surface area contributed by atoms with Crippen molar-refractivity contribution in [3.8, 4) is 0 Å². The quantitative estimate of drug-likeness (QED) is 0.652. The predicted molar refractivity (Wildman–Crippen MR) is 59.8 cm³/mol. The first-order valence-electron chi connectivity index (χ1n) is 5.68. The van der Waals surface area contributed by atoms with Crippen LogP contribution in [0.3, 0.4) is 0 Å². The van der Waals surface area contributed by atoms with Gasteiger partial charge < -0.3 is 10.8 Å². The summed E-state index contributed by atoms with van der Waals surface area (Å²) >= 11 is 0. The van der Waals surface area contributed by atoms with Crippen LogP contribution in [0.1, 0.15) is 39.5 Å². The average Bonchev–Trinajstić information content (AvgIpc) is 2.17. The second-order valence-corrected chi connectivity index (χ2v) is 4.86. The highest BCUT2D eigenvalue weighted by Gasteiger charge is 2.43. The molecule has 1 rings (SSSR count). The maximum Gasteiger partial charge on any atom is 0.323 e. The number of carbonyl (C=O) groups is 2. The summed E-state index contributed by atoms with van der Waals surface area (Å²) in [4.78, 5) is 22.4. The minimum atomic E-state index is -0.980. The second kappa shape index (κ2) is 4.82. The first kappa shape index (κ1) is 13.0. The Hall–Kier alpha value is -1.10. The van der Waals surface area contributed by atoms with Crippen molar-refractivity contribution in [3.63, 3.8) is 0 Å². The molecule has 0 aromatic heterocycles. The molecule has 0 radical (unpaired) electrons. The van der Waals surface area contributed by atoms with Gasteiger partial charge >= 0.3 is 5.97 Å². The van der Waals surface area contributed by atoms with Crippen molar-refractivity contribution in [1.82, 2.24) is 5.32 Å². The van der Waals surface area contributed by atoms with Crippen molar-refractivity contribution in [2.45, 2.75) is 51.1 Å². The van der Waals surface area contributed by atoms with Gasteiger partial charge in [-0.05, 0) is 25.7 Å². The van der Waals surface area contributed by atoms with Gasteiger partial charge in [0.1, 0.15) is 5.54 Å². The van der Waals surface area contributed by atoms with Gasteiger partial charge in [-0.15, -0.1) is 0 Å². The minimum absolute atomic E-state index is 0.359. The standard InChI is InChI=1S/C11H20N2O3/c1-7-4-3-5-11(6-7,10(15)16)13-8(2)9(12)14/h7-8,13H,3-6H2,1-2H3,(H2,12,14)(H,15,16). The number of nitrogens with two attached hydrogens (primary N) is 1. The highest BCUT2D eigenvalue weighted by molar-refractivity contribution is 5.83. The normalized spacial score (nSPS) is 32.0. The van der Waals surface area contributed by atoms with Crippen LogP contribution in [0.5, 0.6) is 0 Å². The first-order chi connectivity index (χ1) is 7.37. The Labute approximate surface area is 95.4 Å². The van der Waals surface area contributed by atoms with Crippen LogP contribution in [0.2, 0.25) is 0 Å². The molecule has 1 saturated carbocycles. The van der Waals surface area contributed by atoms with Gasteiger partial charge in [-0.2, -0.15) is 0 Å². The molecule has 3 unspecified atom stereocenters. The zero-order valence-corrected chi connectivity index (χ0v) is 9.82. The summed E-state index contributed by atoms with van der Waals surface area (Å²) in [5, 5.41) is 12.2. The van der Waals surface area contributed by atoms with E-state index in [9.17, 15) is 14.7 Å².